The molecule has 0 spiro atoms. The maximum absolute atomic E-state index is 14.6. The Balaban J connectivity index is 1.23. The van der Waals surface area contributed by atoms with Gasteiger partial charge < -0.3 is 9.64 Å². The molecule has 178 valence electrons. The van der Waals surface area contributed by atoms with E-state index in [9.17, 15) is 8.78 Å². The van der Waals surface area contributed by atoms with Gasteiger partial charge in [0.05, 0.1) is 17.6 Å². The van der Waals surface area contributed by atoms with Crippen molar-refractivity contribution in [3.05, 3.63) is 65.0 Å². The van der Waals surface area contributed by atoms with Crippen molar-refractivity contribution in [1.29, 1.82) is 0 Å². The quantitative estimate of drug-likeness (QED) is 0.582. The van der Waals surface area contributed by atoms with Crippen LogP contribution in [-0.2, 0) is 17.7 Å². The third-order valence-corrected chi connectivity index (χ3v) is 7.60. The van der Waals surface area contributed by atoms with E-state index in [0.29, 0.717) is 42.3 Å². The van der Waals surface area contributed by atoms with Gasteiger partial charge in [0.1, 0.15) is 17.7 Å². The average molecular weight is 467 g/mol. The lowest BCUT2D eigenvalue weighted by atomic mass is 9.82. The van der Waals surface area contributed by atoms with E-state index < -0.39 is 17.7 Å². The first-order valence-electron chi connectivity index (χ1n) is 12.1. The molecule has 4 heterocycles. The van der Waals surface area contributed by atoms with E-state index in [2.05, 4.69) is 21.2 Å². The monoisotopic (exact) mass is 466 g/mol. The van der Waals surface area contributed by atoms with Crippen LogP contribution in [0.5, 0.6) is 0 Å². The van der Waals surface area contributed by atoms with Crippen LogP contribution in [0.1, 0.15) is 48.3 Å². The van der Waals surface area contributed by atoms with Crippen molar-refractivity contribution >= 4 is 5.69 Å². The van der Waals surface area contributed by atoms with Crippen molar-refractivity contribution in [3.63, 3.8) is 0 Å². The highest BCUT2D eigenvalue weighted by Crippen LogP contribution is 2.44. The molecule has 0 N–H and O–H groups in total. The van der Waals surface area contributed by atoms with Gasteiger partial charge in [-0.3, -0.25) is 0 Å². The van der Waals surface area contributed by atoms with Crippen molar-refractivity contribution in [3.8, 4) is 0 Å². The maximum Gasteiger partial charge on any atom is 0.161 e. The molecule has 1 saturated carbocycles. The van der Waals surface area contributed by atoms with Crippen LogP contribution in [-0.4, -0.2) is 44.7 Å². The van der Waals surface area contributed by atoms with Gasteiger partial charge in [-0.25, -0.2) is 18.4 Å². The SMILES string of the molecule is Cc1cc(N2C[C@H]3CC[C@@H](C2)C3Cc2nc3n(n2)CCCO[C@@H]3c2ccc(F)cc2F)cnn1. The number of ether oxygens (including phenoxy) is 1. The Labute approximate surface area is 197 Å². The van der Waals surface area contributed by atoms with Crippen LogP contribution in [0.4, 0.5) is 14.5 Å². The number of nitrogens with zero attached hydrogens (tertiary/aromatic N) is 6. The first-order chi connectivity index (χ1) is 16.5. The highest BCUT2D eigenvalue weighted by atomic mass is 19.1. The zero-order chi connectivity index (χ0) is 23.2. The average Bonchev–Trinajstić information content (AvgIpc) is 3.22. The molecule has 1 unspecified atom stereocenters. The van der Waals surface area contributed by atoms with Gasteiger partial charge >= 0.3 is 0 Å². The summed E-state index contributed by atoms with van der Waals surface area (Å²) < 4.78 is 35.9. The molecule has 3 aliphatic rings. The van der Waals surface area contributed by atoms with Gasteiger partial charge in [0.25, 0.3) is 0 Å². The van der Waals surface area contributed by atoms with Gasteiger partial charge in [0.2, 0.25) is 0 Å². The lowest BCUT2D eigenvalue weighted by Crippen LogP contribution is -2.43. The Morgan fingerprint density at radius 2 is 1.94 bits per heavy atom. The molecule has 4 atom stereocenters. The van der Waals surface area contributed by atoms with Crippen molar-refractivity contribution in [2.45, 2.75) is 45.3 Å². The minimum atomic E-state index is -0.676. The normalized spacial score (nSPS) is 26.4. The van der Waals surface area contributed by atoms with Crippen LogP contribution in [0.3, 0.4) is 0 Å². The number of anilines is 1. The highest BCUT2D eigenvalue weighted by molar-refractivity contribution is 5.45. The predicted octanol–water partition coefficient (Wildman–Crippen LogP) is 3.87. The summed E-state index contributed by atoms with van der Waals surface area (Å²) in [6.07, 6.45) is 5.20. The van der Waals surface area contributed by atoms with Gasteiger partial charge in [-0.1, -0.05) is 6.07 Å². The second-order valence-electron chi connectivity index (χ2n) is 9.81. The molecule has 3 aromatic rings. The van der Waals surface area contributed by atoms with E-state index in [4.69, 9.17) is 14.8 Å². The van der Waals surface area contributed by atoms with Crippen LogP contribution in [0.25, 0.3) is 0 Å². The Morgan fingerprint density at radius 3 is 2.71 bits per heavy atom. The molecule has 2 bridgehead atoms. The zero-order valence-corrected chi connectivity index (χ0v) is 19.2. The molecule has 9 heteroatoms. The summed E-state index contributed by atoms with van der Waals surface area (Å²) in [5.41, 5.74) is 2.39. The topological polar surface area (TPSA) is 69.0 Å². The molecule has 2 aliphatic heterocycles. The molecule has 34 heavy (non-hydrogen) atoms. The highest BCUT2D eigenvalue weighted by Gasteiger charge is 2.43. The van der Waals surface area contributed by atoms with Crippen LogP contribution in [0.2, 0.25) is 0 Å². The number of halogens is 2. The van der Waals surface area contributed by atoms with Gasteiger partial charge in [-0.15, -0.1) is 0 Å². The van der Waals surface area contributed by atoms with E-state index >= 15 is 0 Å². The molecular weight excluding hydrogens is 438 g/mol. The lowest BCUT2D eigenvalue weighted by Gasteiger charge is -2.39. The lowest BCUT2D eigenvalue weighted by molar-refractivity contribution is 0.0785. The third kappa shape index (κ3) is 3.96. The summed E-state index contributed by atoms with van der Waals surface area (Å²) >= 11 is 0. The van der Waals surface area contributed by atoms with Crippen molar-refractivity contribution in [2.24, 2.45) is 17.8 Å². The number of aryl methyl sites for hydroxylation is 2. The summed E-state index contributed by atoms with van der Waals surface area (Å²) in [5, 5.41) is 13.0. The van der Waals surface area contributed by atoms with E-state index in [1.54, 1.807) is 0 Å². The molecule has 6 rings (SSSR count). The number of piperidine rings is 1. The molecule has 7 nitrogen and oxygen atoms in total. The first kappa shape index (κ1) is 21.6. The number of hydrogen-bond donors (Lipinski definition) is 0. The molecule has 0 radical (unpaired) electrons. The molecule has 2 fully saturated rings. The molecule has 2 aromatic heterocycles. The fourth-order valence-corrected chi connectivity index (χ4v) is 6.00. The second-order valence-corrected chi connectivity index (χ2v) is 9.81. The Hall–Kier alpha value is -2.94. The van der Waals surface area contributed by atoms with Crippen LogP contribution in [0, 0.1) is 36.3 Å². The number of aromatic nitrogens is 5. The Bertz CT molecular complexity index is 1190. The number of hydrogen-bond acceptors (Lipinski definition) is 6. The number of fused-ring (bicyclic) bond motifs is 3. The summed E-state index contributed by atoms with van der Waals surface area (Å²) in [4.78, 5) is 7.29. The zero-order valence-electron chi connectivity index (χ0n) is 19.2. The van der Waals surface area contributed by atoms with Crippen LogP contribution >= 0.6 is 0 Å². The molecular formula is C25H28F2N6O. The van der Waals surface area contributed by atoms with Crippen molar-refractivity contribution in [2.75, 3.05) is 24.6 Å². The number of rotatable bonds is 4. The largest absolute Gasteiger partial charge is 0.370 e. The minimum absolute atomic E-state index is 0.304. The van der Waals surface area contributed by atoms with Crippen LogP contribution < -0.4 is 4.90 Å². The summed E-state index contributed by atoms with van der Waals surface area (Å²) in [7, 11) is 0. The fraction of sp³-hybridized carbons (Fsp3) is 0.520. The first-order valence-corrected chi connectivity index (χ1v) is 12.1. The van der Waals surface area contributed by atoms with E-state index in [-0.39, 0.29) is 0 Å². The molecule has 1 aliphatic carbocycles. The van der Waals surface area contributed by atoms with E-state index in [1.807, 2.05) is 17.8 Å². The van der Waals surface area contributed by atoms with Crippen molar-refractivity contribution < 1.29 is 13.5 Å². The maximum atomic E-state index is 14.6. The summed E-state index contributed by atoms with van der Waals surface area (Å²) in [6.45, 7) is 5.15. The van der Waals surface area contributed by atoms with Gasteiger partial charge in [-0.2, -0.15) is 15.3 Å². The van der Waals surface area contributed by atoms with E-state index in [0.717, 1.165) is 49.2 Å². The van der Waals surface area contributed by atoms with E-state index in [1.165, 1.54) is 25.0 Å². The molecule has 0 amide bonds. The van der Waals surface area contributed by atoms with Gasteiger partial charge in [-0.05, 0) is 56.1 Å². The predicted molar refractivity (Wildman–Crippen MR) is 121 cm³/mol. The number of benzene rings is 1. The molecule has 1 saturated heterocycles. The smallest absolute Gasteiger partial charge is 0.161 e. The summed E-state index contributed by atoms with van der Waals surface area (Å²) in [5.74, 6) is 1.88. The standard InChI is InChI=1S/C25H28F2N6O/c1-15-9-19(12-28-30-15)32-13-16-3-4-17(14-32)21(16)11-23-29-25-24(34-8-2-7-33(25)31-23)20-6-5-18(26)10-22(20)27/h5-6,9-10,12,16-17,21,24H,2-4,7-8,11,13-14H2,1H3/t16-,17+,21?,24-/m1/s1. The second kappa shape index (κ2) is 8.69. The van der Waals surface area contributed by atoms with Gasteiger partial charge in [0.15, 0.2) is 11.6 Å². The van der Waals surface area contributed by atoms with Crippen molar-refractivity contribution in [1.82, 2.24) is 25.0 Å². The Morgan fingerprint density at radius 1 is 1.12 bits per heavy atom. The fourth-order valence-electron chi connectivity index (χ4n) is 6.00. The summed E-state index contributed by atoms with van der Waals surface area (Å²) in [6, 6.07) is 5.72. The Kier molecular flexibility index (Phi) is 5.51. The molecule has 1 aromatic carbocycles. The van der Waals surface area contributed by atoms with Crippen LogP contribution in [0.15, 0.2) is 30.5 Å². The van der Waals surface area contributed by atoms with Gasteiger partial charge in [0, 0.05) is 44.3 Å². The minimum Gasteiger partial charge on any atom is -0.370 e. The third-order valence-electron chi connectivity index (χ3n) is 7.60.